The molecule has 0 radical (unpaired) electrons. The second-order valence-corrected chi connectivity index (χ2v) is 8.74. The van der Waals surface area contributed by atoms with Crippen molar-refractivity contribution in [1.82, 2.24) is 14.7 Å². The molecule has 7 nitrogen and oxygen atoms in total. The fraction of sp³-hybridized carbons (Fsp3) is 0.412. The fourth-order valence-corrected chi connectivity index (χ4v) is 5.02. The Morgan fingerprint density at radius 3 is 2.88 bits per heavy atom. The van der Waals surface area contributed by atoms with Crippen molar-refractivity contribution < 1.29 is 17.9 Å². The highest BCUT2D eigenvalue weighted by Crippen LogP contribution is 2.37. The third-order valence-electron chi connectivity index (χ3n) is 4.82. The number of amides is 1. The molecule has 0 saturated carbocycles. The Balaban J connectivity index is 1.66. The molecule has 0 spiro atoms. The van der Waals surface area contributed by atoms with E-state index in [0.717, 1.165) is 16.9 Å². The van der Waals surface area contributed by atoms with Gasteiger partial charge in [-0.2, -0.15) is 5.10 Å². The van der Waals surface area contributed by atoms with Gasteiger partial charge in [0.05, 0.1) is 23.7 Å². The maximum absolute atomic E-state index is 13.2. The molecule has 8 heteroatoms. The number of aryl methyl sites for hydroxylation is 1. The molecule has 1 amide bonds. The van der Waals surface area contributed by atoms with Crippen LogP contribution < -0.4 is 4.74 Å². The van der Waals surface area contributed by atoms with Gasteiger partial charge in [0.1, 0.15) is 18.3 Å². The Bertz CT molecular complexity index is 921. The van der Waals surface area contributed by atoms with E-state index in [1.165, 1.54) is 0 Å². The van der Waals surface area contributed by atoms with Crippen LogP contribution in [-0.4, -0.2) is 53.7 Å². The first-order valence-electron chi connectivity index (χ1n) is 8.16. The number of carbonyl (C=O) groups excluding carboxylic acids is 1. The highest BCUT2D eigenvalue weighted by molar-refractivity contribution is 7.91. The van der Waals surface area contributed by atoms with Gasteiger partial charge >= 0.3 is 0 Å². The maximum Gasteiger partial charge on any atom is 0.234 e. The summed E-state index contributed by atoms with van der Waals surface area (Å²) < 4.78 is 31.5. The van der Waals surface area contributed by atoms with Gasteiger partial charge in [-0.1, -0.05) is 18.2 Å². The van der Waals surface area contributed by atoms with Crippen molar-refractivity contribution in [3.63, 3.8) is 0 Å². The Labute approximate surface area is 146 Å². The molecular formula is C17H19N3O4S. The molecule has 4 rings (SSSR count). The number of sulfone groups is 1. The summed E-state index contributed by atoms with van der Waals surface area (Å²) in [4.78, 5) is 14.9. The number of hydrogen-bond acceptors (Lipinski definition) is 5. The Kier molecular flexibility index (Phi) is 3.79. The molecule has 1 saturated heterocycles. The summed E-state index contributed by atoms with van der Waals surface area (Å²) in [5, 5.41) is 4.13. The lowest BCUT2D eigenvalue weighted by Gasteiger charge is -2.36. The lowest BCUT2D eigenvalue weighted by molar-refractivity contribution is -0.135. The number of hydrogen-bond donors (Lipinski definition) is 0. The van der Waals surface area contributed by atoms with Crippen molar-refractivity contribution in [2.24, 2.45) is 7.05 Å². The Hall–Kier alpha value is -2.35. The van der Waals surface area contributed by atoms with Crippen molar-refractivity contribution in [2.45, 2.75) is 12.0 Å². The molecule has 0 N–H and O–H groups in total. The SMILES string of the molecule is Cn1cc([C@H]2CS(=O)(=O)CCN2C(=O)[C@H]2COc3ccccc32)cn1. The highest BCUT2D eigenvalue weighted by Gasteiger charge is 2.41. The van der Waals surface area contributed by atoms with Gasteiger partial charge in [-0.05, 0) is 6.07 Å². The van der Waals surface area contributed by atoms with Crippen LogP contribution >= 0.6 is 0 Å². The van der Waals surface area contributed by atoms with Gasteiger partial charge < -0.3 is 9.64 Å². The lowest BCUT2D eigenvalue weighted by atomic mass is 9.98. The van der Waals surface area contributed by atoms with Crippen LogP contribution in [0, 0.1) is 0 Å². The summed E-state index contributed by atoms with van der Waals surface area (Å²) in [6.45, 7) is 0.487. The van der Waals surface area contributed by atoms with E-state index in [1.807, 2.05) is 24.3 Å². The largest absolute Gasteiger partial charge is 0.492 e. The van der Waals surface area contributed by atoms with E-state index >= 15 is 0 Å². The van der Waals surface area contributed by atoms with Crippen molar-refractivity contribution in [3.05, 3.63) is 47.8 Å². The number of fused-ring (bicyclic) bond motifs is 1. The maximum atomic E-state index is 13.2. The number of rotatable bonds is 2. The van der Waals surface area contributed by atoms with Gasteiger partial charge in [0.15, 0.2) is 9.84 Å². The van der Waals surface area contributed by atoms with Gasteiger partial charge in [-0.3, -0.25) is 9.48 Å². The molecule has 3 heterocycles. The van der Waals surface area contributed by atoms with Crippen LogP contribution in [0.4, 0.5) is 0 Å². The van der Waals surface area contributed by atoms with Crippen molar-refractivity contribution in [2.75, 3.05) is 24.7 Å². The normalized spacial score (nSPS) is 24.6. The minimum absolute atomic E-state index is 0.00920. The highest BCUT2D eigenvalue weighted by atomic mass is 32.2. The van der Waals surface area contributed by atoms with Crippen LogP contribution in [0.5, 0.6) is 5.75 Å². The van der Waals surface area contributed by atoms with Crippen molar-refractivity contribution >= 4 is 15.7 Å². The molecule has 0 aliphatic carbocycles. The predicted molar refractivity (Wildman–Crippen MR) is 91.0 cm³/mol. The second kappa shape index (κ2) is 5.87. The van der Waals surface area contributed by atoms with E-state index < -0.39 is 21.8 Å². The summed E-state index contributed by atoms with van der Waals surface area (Å²) in [6, 6.07) is 6.99. The standard InChI is InChI=1S/C17H19N3O4S/c1-19-9-12(8-18-19)15-11-25(22,23)7-6-20(15)17(21)14-10-24-16-5-3-2-4-13(14)16/h2-5,8-9,14-15H,6-7,10-11H2,1H3/t14-,15+/m0/s1. The molecule has 2 aromatic rings. The van der Waals surface area contributed by atoms with E-state index in [4.69, 9.17) is 4.74 Å². The molecule has 25 heavy (non-hydrogen) atoms. The number of aromatic nitrogens is 2. The van der Waals surface area contributed by atoms with E-state index in [9.17, 15) is 13.2 Å². The van der Waals surface area contributed by atoms with E-state index in [1.54, 1.807) is 29.0 Å². The number of benzene rings is 1. The summed E-state index contributed by atoms with van der Waals surface area (Å²) >= 11 is 0. The van der Waals surface area contributed by atoms with Crippen LogP contribution in [0.15, 0.2) is 36.7 Å². The van der Waals surface area contributed by atoms with Gasteiger partial charge in [-0.15, -0.1) is 0 Å². The summed E-state index contributed by atoms with van der Waals surface area (Å²) in [7, 11) is -1.41. The molecule has 1 aromatic carbocycles. The molecule has 2 aliphatic rings. The quantitative estimate of drug-likeness (QED) is 0.794. The molecule has 1 aromatic heterocycles. The average molecular weight is 361 g/mol. The van der Waals surface area contributed by atoms with E-state index in [0.29, 0.717) is 6.61 Å². The van der Waals surface area contributed by atoms with Crippen molar-refractivity contribution in [1.29, 1.82) is 0 Å². The Morgan fingerprint density at radius 1 is 1.32 bits per heavy atom. The Morgan fingerprint density at radius 2 is 2.12 bits per heavy atom. The molecule has 1 fully saturated rings. The van der Waals surface area contributed by atoms with Crippen LogP contribution in [0.2, 0.25) is 0 Å². The molecule has 2 aliphatic heterocycles. The zero-order chi connectivity index (χ0) is 17.6. The summed E-state index contributed by atoms with van der Waals surface area (Å²) in [5.74, 6) is 0.165. The second-order valence-electron chi connectivity index (χ2n) is 6.51. The summed E-state index contributed by atoms with van der Waals surface area (Å²) in [6.07, 6.45) is 3.40. The number of nitrogens with zero attached hydrogens (tertiary/aromatic N) is 3. The van der Waals surface area contributed by atoms with Gasteiger partial charge in [-0.25, -0.2) is 8.42 Å². The number of carbonyl (C=O) groups is 1. The predicted octanol–water partition coefficient (Wildman–Crippen LogP) is 0.894. The topological polar surface area (TPSA) is 81.5 Å². The molecule has 0 unspecified atom stereocenters. The van der Waals surface area contributed by atoms with E-state index in [-0.39, 0.29) is 24.0 Å². The van der Waals surface area contributed by atoms with E-state index in [2.05, 4.69) is 5.10 Å². The number of para-hydroxylation sites is 1. The van der Waals surface area contributed by atoms with Crippen LogP contribution in [0.3, 0.4) is 0 Å². The first kappa shape index (κ1) is 16.1. The lowest BCUT2D eigenvalue weighted by Crippen LogP contribution is -2.48. The van der Waals surface area contributed by atoms with Crippen LogP contribution in [-0.2, 0) is 21.7 Å². The van der Waals surface area contributed by atoms with Gasteiger partial charge in [0, 0.05) is 30.9 Å². The van der Waals surface area contributed by atoms with Gasteiger partial charge in [0.25, 0.3) is 0 Å². The molecule has 0 bridgehead atoms. The fourth-order valence-electron chi connectivity index (χ4n) is 3.53. The monoisotopic (exact) mass is 361 g/mol. The zero-order valence-corrected chi connectivity index (χ0v) is 14.6. The number of ether oxygens (including phenoxy) is 1. The summed E-state index contributed by atoms with van der Waals surface area (Å²) in [5.41, 5.74) is 1.61. The third kappa shape index (κ3) is 2.90. The zero-order valence-electron chi connectivity index (χ0n) is 13.8. The van der Waals surface area contributed by atoms with Crippen molar-refractivity contribution in [3.8, 4) is 5.75 Å². The van der Waals surface area contributed by atoms with Crippen LogP contribution in [0.25, 0.3) is 0 Å². The van der Waals surface area contributed by atoms with Gasteiger partial charge in [0.2, 0.25) is 5.91 Å². The van der Waals surface area contributed by atoms with Crippen LogP contribution in [0.1, 0.15) is 23.1 Å². The third-order valence-corrected chi connectivity index (χ3v) is 6.45. The minimum Gasteiger partial charge on any atom is -0.492 e. The molecular weight excluding hydrogens is 342 g/mol. The first-order chi connectivity index (χ1) is 11.9. The minimum atomic E-state index is -3.18. The molecule has 2 atom stereocenters. The smallest absolute Gasteiger partial charge is 0.234 e. The first-order valence-corrected chi connectivity index (χ1v) is 9.98. The average Bonchev–Trinajstić information content (AvgIpc) is 3.19. The molecule has 132 valence electrons.